The Morgan fingerprint density at radius 1 is 1.13 bits per heavy atom. The Morgan fingerprint density at radius 3 is 2.20 bits per heavy atom. The first kappa shape index (κ1) is 18.4. The summed E-state index contributed by atoms with van der Waals surface area (Å²) in [5.74, 6) is 0.687. The van der Waals surface area contributed by atoms with E-state index in [1.807, 2.05) is 0 Å². The molecule has 0 aromatic rings. The standard InChI is InChI=1S/C7H16N.C4H9O.ClH.Sn/c1-3-4-5-6-7(2)8;1-4(2)3-5;;/h3,7H,4-6,8H2,1-2H3;4H,3H2,1-2H3;1H;/q;-1;;+1. The number of hydrogen-bond donors (Lipinski definition) is 1. The molecule has 2 unspecified atom stereocenters. The third kappa shape index (κ3) is 15.0. The van der Waals surface area contributed by atoms with Gasteiger partial charge in [-0.05, 0) is 0 Å². The average molecular weight is 342 g/mol. The quantitative estimate of drug-likeness (QED) is 0.688. The maximum atomic E-state index is 5.75. The predicted octanol–water partition coefficient (Wildman–Crippen LogP) is 3.03. The van der Waals surface area contributed by atoms with Gasteiger partial charge in [0.2, 0.25) is 0 Å². The van der Waals surface area contributed by atoms with Crippen molar-refractivity contribution in [1.29, 1.82) is 0 Å². The monoisotopic (exact) mass is 343 g/mol. The van der Waals surface area contributed by atoms with Crippen LogP contribution in [0.15, 0.2) is 0 Å². The van der Waals surface area contributed by atoms with Crippen molar-refractivity contribution in [3.8, 4) is 0 Å². The van der Waals surface area contributed by atoms with Crippen molar-refractivity contribution in [3.05, 3.63) is 0 Å². The van der Waals surface area contributed by atoms with E-state index in [2.05, 4.69) is 27.7 Å². The number of nitrogens with two attached hydrogens (primary N) is 1. The van der Waals surface area contributed by atoms with Crippen LogP contribution in [0, 0.1) is 5.92 Å². The molecule has 0 aromatic carbocycles. The molecule has 0 bridgehead atoms. The summed E-state index contributed by atoms with van der Waals surface area (Å²) in [6.45, 7) is 9.79. The molecule has 2 atom stereocenters. The van der Waals surface area contributed by atoms with Gasteiger partial charge in [0.15, 0.2) is 0 Å². The van der Waals surface area contributed by atoms with Crippen LogP contribution >= 0.6 is 12.4 Å². The molecule has 0 aliphatic carbocycles. The van der Waals surface area contributed by atoms with E-state index in [4.69, 9.17) is 8.81 Å². The van der Waals surface area contributed by atoms with Gasteiger partial charge in [-0.25, -0.2) is 0 Å². The molecule has 15 heavy (non-hydrogen) atoms. The van der Waals surface area contributed by atoms with E-state index in [1.165, 1.54) is 12.8 Å². The molecule has 92 valence electrons. The van der Waals surface area contributed by atoms with Crippen molar-refractivity contribution in [2.45, 2.75) is 56.9 Å². The molecule has 0 saturated carbocycles. The fraction of sp³-hybridized carbons (Fsp3) is 1.00. The minimum absolute atomic E-state index is 0. The summed E-state index contributed by atoms with van der Waals surface area (Å²) in [7, 11) is 0. The first-order valence-corrected chi connectivity index (χ1v) is 8.46. The van der Waals surface area contributed by atoms with Crippen LogP contribution in [0.4, 0.5) is 0 Å². The summed E-state index contributed by atoms with van der Waals surface area (Å²) in [6.07, 6.45) is 3.74. The Balaban J connectivity index is 0. The van der Waals surface area contributed by atoms with Crippen molar-refractivity contribution in [2.75, 3.05) is 6.61 Å². The Kier molecular flexibility index (Phi) is 14.1. The van der Waals surface area contributed by atoms with Gasteiger partial charge in [0.05, 0.1) is 0 Å². The molecule has 0 aliphatic rings. The van der Waals surface area contributed by atoms with Crippen molar-refractivity contribution >= 4 is 34.0 Å². The van der Waals surface area contributed by atoms with E-state index < -0.39 is 21.6 Å². The van der Waals surface area contributed by atoms with Crippen LogP contribution in [0.1, 0.15) is 47.0 Å². The topological polar surface area (TPSA) is 35.2 Å². The maximum absolute atomic E-state index is 5.75. The van der Waals surface area contributed by atoms with Crippen LogP contribution in [0.3, 0.4) is 0 Å². The molecule has 0 saturated heterocycles. The van der Waals surface area contributed by atoms with Crippen molar-refractivity contribution in [1.82, 2.24) is 0 Å². The summed E-state index contributed by atoms with van der Waals surface area (Å²) >= 11 is -0.560. The molecule has 2 radical (unpaired) electrons. The molecule has 2 nitrogen and oxygen atoms in total. The number of hydrogen-bond acceptors (Lipinski definition) is 2. The third-order valence-corrected chi connectivity index (χ3v) is 4.92. The first-order chi connectivity index (χ1) is 6.52. The zero-order valence-electron chi connectivity index (χ0n) is 10.5. The van der Waals surface area contributed by atoms with Gasteiger partial charge in [-0.3, -0.25) is 0 Å². The summed E-state index contributed by atoms with van der Waals surface area (Å²) in [4.78, 5) is 0. The summed E-state index contributed by atoms with van der Waals surface area (Å²) in [5.41, 5.74) is 5.70. The van der Waals surface area contributed by atoms with Gasteiger partial charge in [0.25, 0.3) is 0 Å². The number of halogens is 1. The van der Waals surface area contributed by atoms with Crippen LogP contribution in [0.25, 0.3) is 0 Å². The van der Waals surface area contributed by atoms with Gasteiger partial charge >= 0.3 is 99.8 Å². The summed E-state index contributed by atoms with van der Waals surface area (Å²) in [5, 5.41) is 0. The fourth-order valence-electron chi connectivity index (χ4n) is 1.16. The molecule has 0 fully saturated rings. The van der Waals surface area contributed by atoms with Gasteiger partial charge in [-0.1, -0.05) is 0 Å². The van der Waals surface area contributed by atoms with Crippen molar-refractivity contribution in [3.63, 3.8) is 0 Å². The largest absolute Gasteiger partial charge is 0.147 e. The van der Waals surface area contributed by atoms with E-state index in [-0.39, 0.29) is 12.4 Å². The van der Waals surface area contributed by atoms with Crippen LogP contribution in [-0.4, -0.2) is 34.2 Å². The Hall–Kier alpha value is 1.01. The molecule has 4 heteroatoms. The zero-order valence-corrected chi connectivity index (χ0v) is 14.1. The second-order valence-corrected chi connectivity index (χ2v) is 8.94. The molecular weight excluding hydrogens is 316 g/mol. The van der Waals surface area contributed by atoms with E-state index in [9.17, 15) is 0 Å². The van der Waals surface area contributed by atoms with Gasteiger partial charge in [0.1, 0.15) is 0 Å². The molecule has 0 spiro atoms. The fourth-order valence-corrected chi connectivity index (χ4v) is 4.12. The molecular formula is C11H26ClNOSn. The predicted molar refractivity (Wildman–Crippen MR) is 70.7 cm³/mol. The van der Waals surface area contributed by atoms with Crippen LogP contribution in [0.5, 0.6) is 0 Å². The Labute approximate surface area is 112 Å². The van der Waals surface area contributed by atoms with Crippen LogP contribution in [-0.2, 0) is 3.07 Å². The zero-order chi connectivity index (χ0) is 11.0. The second-order valence-electron chi connectivity index (χ2n) is 4.63. The number of rotatable bonds is 8. The van der Waals surface area contributed by atoms with Crippen LogP contribution < -0.4 is 5.73 Å². The van der Waals surface area contributed by atoms with E-state index in [0.717, 1.165) is 17.0 Å². The molecule has 0 aliphatic heterocycles. The molecule has 0 aromatic heterocycles. The summed E-state index contributed by atoms with van der Waals surface area (Å²) < 4.78 is 6.60. The average Bonchev–Trinajstić information content (AvgIpc) is 2.02. The van der Waals surface area contributed by atoms with Gasteiger partial charge < -0.3 is 0 Å². The molecule has 2 N–H and O–H groups in total. The van der Waals surface area contributed by atoms with Crippen LogP contribution in [0.2, 0.25) is 3.93 Å². The van der Waals surface area contributed by atoms with Crippen molar-refractivity contribution < 1.29 is 3.07 Å². The Bertz CT molecular complexity index is 120. The smallest absolute Gasteiger partial charge is 0.147 e. The minimum atomic E-state index is -0.560. The van der Waals surface area contributed by atoms with Gasteiger partial charge in [-0.2, -0.15) is 0 Å². The van der Waals surface area contributed by atoms with Gasteiger partial charge in [-0.15, -0.1) is 12.4 Å². The van der Waals surface area contributed by atoms with E-state index >= 15 is 0 Å². The minimum Gasteiger partial charge on any atom is -0.147 e. The summed E-state index contributed by atoms with van der Waals surface area (Å²) in [6, 6.07) is 0.365. The maximum Gasteiger partial charge on any atom is -0.147 e. The van der Waals surface area contributed by atoms with Gasteiger partial charge in [0, 0.05) is 0 Å². The normalized spacial score (nSPS) is 14.8. The Morgan fingerprint density at radius 2 is 1.73 bits per heavy atom. The first-order valence-electron chi connectivity index (χ1n) is 5.65. The van der Waals surface area contributed by atoms with Crippen molar-refractivity contribution in [2.24, 2.45) is 11.7 Å². The SMILES string of the molecule is CC(C)C[O][Sn][CH](C)CCCC(C)N.Cl. The third-order valence-electron chi connectivity index (χ3n) is 2.00. The molecule has 0 amide bonds. The molecule has 0 rings (SSSR count). The second kappa shape index (κ2) is 11.5. The van der Waals surface area contributed by atoms with E-state index in [1.54, 1.807) is 0 Å². The molecule has 0 heterocycles. The van der Waals surface area contributed by atoms with E-state index in [0.29, 0.717) is 12.0 Å².